The number of likely N-dealkylation sites (N-methyl/N-ethyl adjacent to an activating group) is 1. The van der Waals surface area contributed by atoms with Crippen LogP contribution in [0.1, 0.15) is 18.5 Å². The van der Waals surface area contributed by atoms with Gasteiger partial charge in [0.1, 0.15) is 0 Å². The lowest BCUT2D eigenvalue weighted by molar-refractivity contribution is -0.121. The normalized spacial score (nSPS) is 21.8. The molecule has 2 aliphatic heterocycles. The van der Waals surface area contributed by atoms with Crippen LogP contribution in [-0.4, -0.2) is 52.3 Å². The van der Waals surface area contributed by atoms with Crippen molar-refractivity contribution in [1.82, 2.24) is 25.0 Å². The van der Waals surface area contributed by atoms with Crippen molar-refractivity contribution in [3.8, 4) is 11.3 Å². The van der Waals surface area contributed by atoms with E-state index in [-0.39, 0.29) is 11.3 Å². The van der Waals surface area contributed by atoms with E-state index in [1.54, 1.807) is 7.05 Å². The molecule has 0 aliphatic carbocycles. The number of nitrogens with zero attached hydrogens (tertiary/aromatic N) is 4. The molecule has 138 valence electrons. The summed E-state index contributed by atoms with van der Waals surface area (Å²) in [5.74, 6) is 0.0847. The Labute approximate surface area is 158 Å². The van der Waals surface area contributed by atoms with Crippen LogP contribution in [0.25, 0.3) is 22.2 Å². The highest BCUT2D eigenvalue weighted by Gasteiger charge is 2.45. The molecule has 0 saturated carbocycles. The van der Waals surface area contributed by atoms with Crippen LogP contribution in [0.2, 0.25) is 0 Å². The van der Waals surface area contributed by atoms with Crippen molar-refractivity contribution in [2.45, 2.75) is 24.8 Å². The number of benzene rings is 1. The molecule has 1 fully saturated rings. The molecule has 1 saturated heterocycles. The zero-order valence-corrected chi connectivity index (χ0v) is 15.5. The first-order chi connectivity index (χ1) is 13.2. The van der Waals surface area contributed by atoms with Crippen molar-refractivity contribution in [3.05, 3.63) is 48.3 Å². The number of aromatic nitrogens is 3. The molecule has 1 atom stereocenters. The largest absolute Gasteiger partial charge is 0.358 e. The van der Waals surface area contributed by atoms with Crippen molar-refractivity contribution in [1.29, 1.82) is 0 Å². The zero-order chi connectivity index (χ0) is 18.4. The second kappa shape index (κ2) is 6.16. The Morgan fingerprint density at radius 3 is 2.96 bits per heavy atom. The van der Waals surface area contributed by atoms with Gasteiger partial charge in [0.15, 0.2) is 0 Å². The molecule has 0 bridgehead atoms. The summed E-state index contributed by atoms with van der Waals surface area (Å²) < 4.78 is 2.16. The number of likely N-dealkylation sites (tertiary alicyclic amines) is 1. The van der Waals surface area contributed by atoms with Gasteiger partial charge in [-0.25, -0.2) is 0 Å². The second-order valence-electron chi connectivity index (χ2n) is 7.72. The van der Waals surface area contributed by atoms with Crippen LogP contribution in [0.4, 0.5) is 0 Å². The lowest BCUT2D eigenvalue weighted by atomic mass is 9.82. The van der Waals surface area contributed by atoms with Crippen LogP contribution < -0.4 is 5.32 Å². The molecule has 1 N–H and O–H groups in total. The maximum atomic E-state index is 11.7. The van der Waals surface area contributed by atoms with E-state index in [0.717, 1.165) is 54.6 Å². The predicted octanol–water partition coefficient (Wildman–Crippen LogP) is 2.19. The highest BCUT2D eigenvalue weighted by molar-refractivity contribution is 5.82. The molecular weight excluding hydrogens is 338 g/mol. The zero-order valence-electron chi connectivity index (χ0n) is 15.5. The van der Waals surface area contributed by atoms with Crippen molar-refractivity contribution >= 4 is 16.8 Å². The molecule has 1 aromatic carbocycles. The fourth-order valence-electron chi connectivity index (χ4n) is 4.60. The molecular formula is C21H23N5O. The van der Waals surface area contributed by atoms with Gasteiger partial charge < -0.3 is 5.32 Å². The number of hydrogen-bond donors (Lipinski definition) is 1. The SMILES string of the molecule is CNC(=O)CN1CCC2(CCn3nc(-c4cnc5ccccc5c4)cc32)C1. The Kier molecular flexibility index (Phi) is 3.75. The number of hydrogen-bond acceptors (Lipinski definition) is 4. The minimum atomic E-state index is 0.0847. The van der Waals surface area contributed by atoms with Gasteiger partial charge in [-0.3, -0.25) is 19.4 Å². The molecule has 4 heterocycles. The summed E-state index contributed by atoms with van der Waals surface area (Å²) >= 11 is 0. The predicted molar refractivity (Wildman–Crippen MR) is 104 cm³/mol. The number of carbonyl (C=O) groups excluding carboxylic acids is 1. The monoisotopic (exact) mass is 361 g/mol. The molecule has 0 radical (unpaired) electrons. The van der Waals surface area contributed by atoms with Gasteiger partial charge in [0, 0.05) is 48.4 Å². The van der Waals surface area contributed by atoms with Crippen molar-refractivity contribution in [3.63, 3.8) is 0 Å². The van der Waals surface area contributed by atoms with Crippen molar-refractivity contribution < 1.29 is 4.79 Å². The van der Waals surface area contributed by atoms with Gasteiger partial charge >= 0.3 is 0 Å². The summed E-state index contributed by atoms with van der Waals surface area (Å²) in [5.41, 5.74) is 4.50. The minimum Gasteiger partial charge on any atom is -0.358 e. The third kappa shape index (κ3) is 2.72. The van der Waals surface area contributed by atoms with Crippen LogP contribution in [0.3, 0.4) is 0 Å². The first-order valence-corrected chi connectivity index (χ1v) is 9.53. The smallest absolute Gasteiger partial charge is 0.233 e. The Morgan fingerprint density at radius 1 is 1.22 bits per heavy atom. The first kappa shape index (κ1) is 16.4. The van der Waals surface area contributed by atoms with E-state index < -0.39 is 0 Å². The van der Waals surface area contributed by atoms with Crippen LogP contribution in [0.15, 0.2) is 42.6 Å². The van der Waals surface area contributed by atoms with E-state index in [1.807, 2.05) is 24.4 Å². The molecule has 3 aromatic rings. The maximum Gasteiger partial charge on any atom is 0.233 e. The van der Waals surface area contributed by atoms with Gasteiger partial charge in [-0.15, -0.1) is 0 Å². The molecule has 1 amide bonds. The van der Waals surface area contributed by atoms with E-state index >= 15 is 0 Å². The highest BCUT2D eigenvalue weighted by atomic mass is 16.1. The Hall–Kier alpha value is -2.73. The van der Waals surface area contributed by atoms with Gasteiger partial charge in [0.05, 0.1) is 17.8 Å². The lowest BCUT2D eigenvalue weighted by Crippen LogP contribution is -2.36. The van der Waals surface area contributed by atoms with Crippen LogP contribution >= 0.6 is 0 Å². The number of rotatable bonds is 3. The number of nitrogens with one attached hydrogen (secondary N) is 1. The first-order valence-electron chi connectivity index (χ1n) is 9.53. The topological polar surface area (TPSA) is 63.1 Å². The van der Waals surface area contributed by atoms with E-state index in [9.17, 15) is 4.79 Å². The number of aryl methyl sites for hydroxylation is 1. The van der Waals surface area contributed by atoms with Crippen molar-refractivity contribution in [2.24, 2.45) is 0 Å². The molecule has 5 rings (SSSR count). The van der Waals surface area contributed by atoms with E-state index in [0.29, 0.717) is 6.54 Å². The Bertz CT molecular complexity index is 1030. The molecule has 6 heteroatoms. The summed E-state index contributed by atoms with van der Waals surface area (Å²) in [7, 11) is 1.70. The average Bonchev–Trinajstić information content (AvgIpc) is 3.38. The fourth-order valence-corrected chi connectivity index (χ4v) is 4.60. The van der Waals surface area contributed by atoms with Crippen LogP contribution in [0, 0.1) is 0 Å². The molecule has 2 aliphatic rings. The molecule has 27 heavy (non-hydrogen) atoms. The van der Waals surface area contributed by atoms with Crippen LogP contribution in [0.5, 0.6) is 0 Å². The number of pyridine rings is 1. The highest BCUT2D eigenvalue weighted by Crippen LogP contribution is 2.43. The molecule has 6 nitrogen and oxygen atoms in total. The summed E-state index contributed by atoms with van der Waals surface area (Å²) in [6.45, 7) is 3.32. The number of amides is 1. The van der Waals surface area contributed by atoms with Gasteiger partial charge in [-0.1, -0.05) is 18.2 Å². The van der Waals surface area contributed by atoms with Gasteiger partial charge in [0.2, 0.25) is 5.91 Å². The molecule has 1 unspecified atom stereocenters. The third-order valence-corrected chi connectivity index (χ3v) is 6.09. The van der Waals surface area contributed by atoms with Crippen molar-refractivity contribution in [2.75, 3.05) is 26.7 Å². The lowest BCUT2D eigenvalue weighted by Gasteiger charge is -2.23. The maximum absolute atomic E-state index is 11.7. The van der Waals surface area contributed by atoms with Gasteiger partial charge in [-0.05, 0) is 37.6 Å². The van der Waals surface area contributed by atoms with Gasteiger partial charge in [-0.2, -0.15) is 5.10 Å². The van der Waals surface area contributed by atoms with E-state index in [1.165, 1.54) is 5.69 Å². The van der Waals surface area contributed by atoms with Crippen LogP contribution in [-0.2, 0) is 16.8 Å². The number of para-hydroxylation sites is 1. The molecule has 1 spiro atoms. The standard InChI is InChI=1S/C21H23N5O/c1-22-20(27)13-25-8-6-21(14-25)7-9-26-19(21)11-18(24-26)16-10-15-4-2-3-5-17(15)23-12-16/h2-5,10-12H,6-9,13-14H2,1H3,(H,22,27). The quantitative estimate of drug-likeness (QED) is 0.777. The molecule has 2 aromatic heterocycles. The van der Waals surface area contributed by atoms with E-state index in [2.05, 4.69) is 38.1 Å². The Morgan fingerprint density at radius 2 is 2.07 bits per heavy atom. The number of fused-ring (bicyclic) bond motifs is 3. The average molecular weight is 361 g/mol. The third-order valence-electron chi connectivity index (χ3n) is 6.09. The van der Waals surface area contributed by atoms with Gasteiger partial charge in [0.25, 0.3) is 0 Å². The summed E-state index contributed by atoms with van der Waals surface area (Å²) in [6.07, 6.45) is 4.11. The summed E-state index contributed by atoms with van der Waals surface area (Å²) in [6, 6.07) is 12.6. The second-order valence-corrected chi connectivity index (χ2v) is 7.72. The number of carbonyl (C=O) groups is 1. The Balaban J connectivity index is 1.45. The fraction of sp³-hybridized carbons (Fsp3) is 0.381. The summed E-state index contributed by atoms with van der Waals surface area (Å²) in [4.78, 5) is 18.6. The van der Waals surface area contributed by atoms with E-state index in [4.69, 9.17) is 5.10 Å². The summed E-state index contributed by atoms with van der Waals surface area (Å²) in [5, 5.41) is 8.73. The minimum absolute atomic E-state index is 0.0847.